The first-order valence-corrected chi connectivity index (χ1v) is 15.8. The summed E-state index contributed by atoms with van der Waals surface area (Å²) >= 11 is 0. The summed E-state index contributed by atoms with van der Waals surface area (Å²) in [6.45, 7) is 17.7. The number of hydrogen-bond donors (Lipinski definition) is 3. The Bertz CT molecular complexity index is 1140. The predicted molar refractivity (Wildman–Crippen MR) is 152 cm³/mol. The summed E-state index contributed by atoms with van der Waals surface area (Å²) in [6, 6.07) is 0. The highest BCUT2D eigenvalue weighted by molar-refractivity contribution is 5.95. The number of ether oxygens (including phenoxy) is 4. The molecule has 4 aliphatic carbocycles. The first-order chi connectivity index (χ1) is 18.7. The molecule has 0 spiro atoms. The van der Waals surface area contributed by atoms with Crippen LogP contribution in [0.5, 0.6) is 0 Å². The first kappa shape index (κ1) is 30.2. The van der Waals surface area contributed by atoms with E-state index in [1.54, 1.807) is 6.08 Å². The van der Waals surface area contributed by atoms with Crippen LogP contribution < -0.4 is 0 Å². The Hall–Kier alpha value is -0.870. The Morgan fingerprint density at radius 3 is 2.29 bits per heavy atom. The lowest BCUT2D eigenvalue weighted by molar-refractivity contribution is -0.197. The van der Waals surface area contributed by atoms with E-state index in [9.17, 15) is 20.1 Å². The fourth-order valence-electron chi connectivity index (χ4n) is 10.5. The normalized spacial score (nSPS) is 52.0. The van der Waals surface area contributed by atoms with Crippen molar-refractivity contribution in [1.29, 1.82) is 0 Å². The smallest absolute Gasteiger partial charge is 0.164 e. The number of fused-ring (bicyclic) bond motifs is 7. The molecule has 2 saturated heterocycles. The molecule has 8 heteroatoms. The van der Waals surface area contributed by atoms with Gasteiger partial charge in [-0.2, -0.15) is 0 Å². The van der Waals surface area contributed by atoms with Crippen molar-refractivity contribution in [2.45, 2.75) is 160 Å². The summed E-state index contributed by atoms with van der Waals surface area (Å²) in [6.07, 6.45) is 4.23. The van der Waals surface area contributed by atoms with Gasteiger partial charge in [0.25, 0.3) is 0 Å². The molecule has 6 aliphatic rings. The molecule has 41 heavy (non-hydrogen) atoms. The topological polar surface area (TPSA) is 115 Å². The SMILES string of the molecule is CC(C)(O)CC[C@H]1OC(C)(C)O[C@]1(C)C1CC[C@@]2(O)C3=CC(=O)C4C[C@@H](O)[C@H]5OC(C)(C)O[C@H]5[C@]4(C)C3CC[C@]12C. The van der Waals surface area contributed by atoms with E-state index < -0.39 is 57.5 Å². The Balaban J connectivity index is 1.37. The van der Waals surface area contributed by atoms with Gasteiger partial charge in [-0.3, -0.25) is 4.79 Å². The number of allylic oxidation sites excluding steroid dienone is 1. The monoisotopic (exact) mass is 576 g/mol. The van der Waals surface area contributed by atoms with Gasteiger partial charge in [0.05, 0.1) is 35.1 Å². The zero-order valence-electron chi connectivity index (χ0n) is 26.5. The lowest BCUT2D eigenvalue weighted by atomic mass is 9.45. The Labute approximate surface area is 245 Å². The predicted octanol–water partition coefficient (Wildman–Crippen LogP) is 4.42. The van der Waals surface area contributed by atoms with Gasteiger partial charge in [0, 0.05) is 16.7 Å². The number of hydrogen-bond acceptors (Lipinski definition) is 8. The van der Waals surface area contributed by atoms with Crippen LogP contribution in [0, 0.1) is 28.6 Å². The van der Waals surface area contributed by atoms with Gasteiger partial charge in [0.15, 0.2) is 17.4 Å². The summed E-state index contributed by atoms with van der Waals surface area (Å²) in [4.78, 5) is 13.9. The molecule has 3 saturated carbocycles. The summed E-state index contributed by atoms with van der Waals surface area (Å²) in [5.74, 6) is -2.11. The molecular formula is C33H52O8. The third-order valence-corrected chi connectivity index (χ3v) is 12.3. The second-order valence-corrected chi connectivity index (χ2v) is 16.3. The molecule has 0 bridgehead atoms. The summed E-state index contributed by atoms with van der Waals surface area (Å²) in [5.41, 5.74) is -2.97. The van der Waals surface area contributed by atoms with Crippen molar-refractivity contribution in [1.82, 2.24) is 0 Å². The van der Waals surface area contributed by atoms with E-state index >= 15 is 0 Å². The van der Waals surface area contributed by atoms with Crippen LogP contribution in [0.15, 0.2) is 11.6 Å². The summed E-state index contributed by atoms with van der Waals surface area (Å²) < 4.78 is 25.9. The molecule has 5 fully saturated rings. The quantitative estimate of drug-likeness (QED) is 0.451. The van der Waals surface area contributed by atoms with Gasteiger partial charge < -0.3 is 34.3 Å². The van der Waals surface area contributed by atoms with Crippen LogP contribution in [-0.2, 0) is 23.7 Å². The molecule has 0 amide bonds. The van der Waals surface area contributed by atoms with Crippen LogP contribution in [0.1, 0.15) is 107 Å². The van der Waals surface area contributed by atoms with Gasteiger partial charge in [-0.15, -0.1) is 0 Å². The van der Waals surface area contributed by atoms with Crippen LogP contribution in [0.3, 0.4) is 0 Å². The molecule has 6 rings (SSSR count). The van der Waals surface area contributed by atoms with Gasteiger partial charge in [-0.1, -0.05) is 13.8 Å². The van der Waals surface area contributed by atoms with Crippen molar-refractivity contribution in [3.63, 3.8) is 0 Å². The molecule has 0 aromatic heterocycles. The van der Waals surface area contributed by atoms with Crippen molar-refractivity contribution in [2.24, 2.45) is 28.6 Å². The highest BCUT2D eigenvalue weighted by Crippen LogP contribution is 2.70. The zero-order valence-corrected chi connectivity index (χ0v) is 26.5. The van der Waals surface area contributed by atoms with Crippen LogP contribution in [0.4, 0.5) is 0 Å². The lowest BCUT2D eigenvalue weighted by Gasteiger charge is -2.61. The minimum Gasteiger partial charge on any atom is -0.390 e. The summed E-state index contributed by atoms with van der Waals surface area (Å²) in [5, 5.41) is 34.3. The third kappa shape index (κ3) is 4.22. The maximum atomic E-state index is 13.9. The summed E-state index contributed by atoms with van der Waals surface area (Å²) in [7, 11) is 0. The lowest BCUT2D eigenvalue weighted by Crippen LogP contribution is -2.66. The van der Waals surface area contributed by atoms with Crippen LogP contribution >= 0.6 is 0 Å². The molecule has 11 atom stereocenters. The van der Waals surface area contributed by atoms with Crippen LogP contribution in [0.2, 0.25) is 0 Å². The van der Waals surface area contributed by atoms with Crippen molar-refractivity contribution in [2.75, 3.05) is 0 Å². The fourth-order valence-corrected chi connectivity index (χ4v) is 10.5. The molecule has 3 unspecified atom stereocenters. The van der Waals surface area contributed by atoms with Crippen molar-refractivity contribution < 1.29 is 39.1 Å². The fraction of sp³-hybridized carbons (Fsp3) is 0.909. The van der Waals surface area contributed by atoms with E-state index in [1.807, 2.05) is 41.5 Å². The molecule has 2 heterocycles. The Morgan fingerprint density at radius 1 is 0.951 bits per heavy atom. The Kier molecular flexibility index (Phi) is 6.52. The second kappa shape index (κ2) is 8.86. The van der Waals surface area contributed by atoms with Gasteiger partial charge in [0.2, 0.25) is 0 Å². The minimum atomic E-state index is -1.18. The molecule has 0 aromatic carbocycles. The average molecular weight is 577 g/mol. The van der Waals surface area contributed by atoms with E-state index in [4.69, 9.17) is 18.9 Å². The molecule has 3 N–H and O–H groups in total. The number of rotatable bonds is 4. The average Bonchev–Trinajstić information content (AvgIpc) is 3.40. The standard InChI is InChI=1S/C33H52O8/c1-27(2,36)13-12-24-32(9,41-29(5,6)38-24)23-11-15-33(37)19-16-21(34)20-17-22(35)25-26(40-28(3,4)39-25)31(20,8)18(19)10-14-30(23,33)7/h16,18,20,22-26,35-37H,10-15,17H2,1-9H3/t18?,20?,22-,23?,24-,25-,26-,30-,31-,32-,33-/m1/s1. The van der Waals surface area contributed by atoms with Crippen LogP contribution in [0.25, 0.3) is 0 Å². The van der Waals surface area contributed by atoms with Crippen LogP contribution in [-0.4, -0.2) is 73.9 Å². The van der Waals surface area contributed by atoms with Crippen molar-refractivity contribution in [3.8, 4) is 0 Å². The minimum absolute atomic E-state index is 0.0121. The molecule has 232 valence electrons. The molecule has 0 radical (unpaired) electrons. The largest absolute Gasteiger partial charge is 0.390 e. The molecular weight excluding hydrogens is 524 g/mol. The van der Waals surface area contributed by atoms with E-state index in [0.717, 1.165) is 24.8 Å². The van der Waals surface area contributed by atoms with Gasteiger partial charge in [-0.05, 0) is 117 Å². The van der Waals surface area contributed by atoms with E-state index in [-0.39, 0.29) is 29.6 Å². The molecule has 2 aliphatic heterocycles. The molecule has 0 aromatic rings. The Morgan fingerprint density at radius 2 is 1.63 bits per heavy atom. The second-order valence-electron chi connectivity index (χ2n) is 16.3. The highest BCUT2D eigenvalue weighted by atomic mass is 16.8. The maximum absolute atomic E-state index is 13.9. The zero-order chi connectivity index (χ0) is 30.2. The maximum Gasteiger partial charge on any atom is 0.164 e. The third-order valence-electron chi connectivity index (χ3n) is 12.3. The number of ketones is 1. The van der Waals surface area contributed by atoms with E-state index in [1.165, 1.54) is 0 Å². The number of aliphatic hydroxyl groups excluding tert-OH is 1. The number of carbonyl (C=O) groups is 1. The van der Waals surface area contributed by atoms with Crippen molar-refractivity contribution >= 4 is 5.78 Å². The van der Waals surface area contributed by atoms with Gasteiger partial charge in [0.1, 0.15) is 6.10 Å². The highest BCUT2D eigenvalue weighted by Gasteiger charge is 2.73. The number of aliphatic hydroxyl groups is 3. The van der Waals surface area contributed by atoms with Gasteiger partial charge >= 0.3 is 0 Å². The van der Waals surface area contributed by atoms with Gasteiger partial charge in [-0.25, -0.2) is 0 Å². The first-order valence-electron chi connectivity index (χ1n) is 15.8. The van der Waals surface area contributed by atoms with E-state index in [2.05, 4.69) is 20.8 Å². The number of carbonyl (C=O) groups excluding carboxylic acids is 1. The van der Waals surface area contributed by atoms with Crippen molar-refractivity contribution in [3.05, 3.63) is 11.6 Å². The van der Waals surface area contributed by atoms with E-state index in [0.29, 0.717) is 25.7 Å². The molecule has 8 nitrogen and oxygen atoms in total.